The van der Waals surface area contributed by atoms with Crippen LogP contribution < -0.4 is 5.32 Å². The van der Waals surface area contributed by atoms with E-state index in [0.29, 0.717) is 5.92 Å². The molecule has 1 aliphatic carbocycles. The Morgan fingerprint density at radius 2 is 2.00 bits per heavy atom. The van der Waals surface area contributed by atoms with Gasteiger partial charge in [-0.2, -0.15) is 0 Å². The van der Waals surface area contributed by atoms with Crippen LogP contribution in [0.3, 0.4) is 0 Å². The van der Waals surface area contributed by atoms with Gasteiger partial charge in [-0.15, -0.1) is 0 Å². The van der Waals surface area contributed by atoms with Crippen LogP contribution in [0.25, 0.3) is 0 Å². The summed E-state index contributed by atoms with van der Waals surface area (Å²) in [7, 11) is 0. The van der Waals surface area contributed by atoms with Crippen molar-refractivity contribution in [3.8, 4) is 0 Å². The van der Waals surface area contributed by atoms with Crippen LogP contribution in [-0.4, -0.2) is 23.3 Å². The molecule has 1 aromatic rings. The molecule has 1 saturated carbocycles. The highest BCUT2D eigenvalue weighted by molar-refractivity contribution is 5.68. The summed E-state index contributed by atoms with van der Waals surface area (Å²) in [5.41, 5.74) is 0.374. The summed E-state index contributed by atoms with van der Waals surface area (Å²) in [6, 6.07) is 9.57. The van der Waals surface area contributed by atoms with Crippen molar-refractivity contribution in [3.05, 3.63) is 35.9 Å². The largest absolute Gasteiger partial charge is 0.445 e. The predicted octanol–water partition coefficient (Wildman–Crippen LogP) is 2.85. The Morgan fingerprint density at radius 1 is 1.35 bits per heavy atom. The molecule has 2 rings (SSSR count). The van der Waals surface area contributed by atoms with Gasteiger partial charge in [0.1, 0.15) is 6.61 Å². The number of amides is 1. The van der Waals surface area contributed by atoms with E-state index < -0.39 is 11.6 Å². The standard InChI is InChI=1S/C16H23NO3/c1-16(12-18,14-9-5-6-10-14)17-15(19)20-11-13-7-3-2-4-8-13/h2-4,7-8,14,18H,5-6,9-12H2,1H3,(H,17,19). The molecule has 0 aromatic heterocycles. The van der Waals surface area contributed by atoms with Crippen molar-refractivity contribution >= 4 is 6.09 Å². The molecule has 1 aliphatic rings. The SMILES string of the molecule is CC(CO)(NC(=O)OCc1ccccc1)C1CCCC1. The lowest BCUT2D eigenvalue weighted by Crippen LogP contribution is -2.53. The van der Waals surface area contributed by atoms with Gasteiger partial charge in [0.2, 0.25) is 0 Å². The Bertz CT molecular complexity index is 429. The molecule has 0 radical (unpaired) electrons. The summed E-state index contributed by atoms with van der Waals surface area (Å²) < 4.78 is 5.22. The Morgan fingerprint density at radius 3 is 2.60 bits per heavy atom. The second-order valence-corrected chi connectivity index (χ2v) is 5.74. The smallest absolute Gasteiger partial charge is 0.407 e. The van der Waals surface area contributed by atoms with E-state index in [2.05, 4.69) is 5.32 Å². The molecule has 4 heteroatoms. The number of nitrogens with one attached hydrogen (secondary N) is 1. The van der Waals surface area contributed by atoms with Crippen LogP contribution in [0.1, 0.15) is 38.2 Å². The van der Waals surface area contributed by atoms with Crippen LogP contribution in [0.15, 0.2) is 30.3 Å². The second-order valence-electron chi connectivity index (χ2n) is 5.74. The summed E-state index contributed by atoms with van der Waals surface area (Å²) in [6.07, 6.45) is 3.98. The van der Waals surface area contributed by atoms with Gasteiger partial charge in [-0.25, -0.2) is 4.79 Å². The maximum Gasteiger partial charge on any atom is 0.407 e. The Balaban J connectivity index is 1.86. The number of hydrogen-bond acceptors (Lipinski definition) is 3. The fraction of sp³-hybridized carbons (Fsp3) is 0.562. The van der Waals surface area contributed by atoms with Gasteiger partial charge >= 0.3 is 6.09 Å². The molecule has 0 bridgehead atoms. The van der Waals surface area contributed by atoms with Gasteiger partial charge in [-0.1, -0.05) is 43.2 Å². The normalized spacial score (nSPS) is 18.5. The molecular weight excluding hydrogens is 254 g/mol. The number of hydrogen-bond donors (Lipinski definition) is 2. The molecule has 1 aromatic carbocycles. The van der Waals surface area contributed by atoms with Gasteiger partial charge in [-0.05, 0) is 31.2 Å². The van der Waals surface area contributed by atoms with Gasteiger partial charge in [-0.3, -0.25) is 0 Å². The summed E-state index contributed by atoms with van der Waals surface area (Å²) in [5, 5.41) is 12.5. The fourth-order valence-electron chi connectivity index (χ4n) is 2.83. The third-order valence-electron chi connectivity index (χ3n) is 4.19. The molecule has 0 spiro atoms. The van der Waals surface area contributed by atoms with E-state index >= 15 is 0 Å². The molecule has 4 nitrogen and oxygen atoms in total. The Hall–Kier alpha value is -1.55. The number of alkyl carbamates (subject to hydrolysis) is 1. The highest BCUT2D eigenvalue weighted by Gasteiger charge is 2.37. The van der Waals surface area contributed by atoms with Crippen molar-refractivity contribution in [1.29, 1.82) is 0 Å². The molecule has 1 unspecified atom stereocenters. The molecule has 1 fully saturated rings. The van der Waals surface area contributed by atoms with Crippen LogP contribution in [0.5, 0.6) is 0 Å². The maximum absolute atomic E-state index is 11.9. The van der Waals surface area contributed by atoms with Crippen molar-refractivity contribution in [3.63, 3.8) is 0 Å². The summed E-state index contributed by atoms with van der Waals surface area (Å²) in [6.45, 7) is 2.09. The summed E-state index contributed by atoms with van der Waals surface area (Å²) in [4.78, 5) is 11.9. The van der Waals surface area contributed by atoms with Crippen LogP contribution in [0.4, 0.5) is 4.79 Å². The zero-order chi connectivity index (χ0) is 14.4. The first-order chi connectivity index (χ1) is 9.64. The van der Waals surface area contributed by atoms with Gasteiger partial charge in [0.15, 0.2) is 0 Å². The minimum Gasteiger partial charge on any atom is -0.445 e. The van der Waals surface area contributed by atoms with Crippen molar-refractivity contribution < 1.29 is 14.6 Å². The molecule has 0 saturated heterocycles. The van der Waals surface area contributed by atoms with E-state index in [4.69, 9.17) is 4.74 Å². The third kappa shape index (κ3) is 3.73. The zero-order valence-electron chi connectivity index (χ0n) is 12.0. The fourth-order valence-corrected chi connectivity index (χ4v) is 2.83. The van der Waals surface area contributed by atoms with Crippen molar-refractivity contribution in [2.24, 2.45) is 5.92 Å². The monoisotopic (exact) mass is 277 g/mol. The average molecular weight is 277 g/mol. The molecule has 2 N–H and O–H groups in total. The highest BCUT2D eigenvalue weighted by Crippen LogP contribution is 2.33. The molecule has 1 amide bonds. The zero-order valence-corrected chi connectivity index (χ0v) is 12.0. The van der Waals surface area contributed by atoms with E-state index in [1.165, 1.54) is 12.8 Å². The number of carbonyl (C=O) groups excluding carboxylic acids is 1. The lowest BCUT2D eigenvalue weighted by Gasteiger charge is -2.34. The van der Waals surface area contributed by atoms with Crippen molar-refractivity contribution in [1.82, 2.24) is 5.32 Å². The Labute approximate surface area is 120 Å². The van der Waals surface area contributed by atoms with Gasteiger partial charge in [0.25, 0.3) is 0 Å². The van der Waals surface area contributed by atoms with Gasteiger partial charge in [0.05, 0.1) is 12.1 Å². The van der Waals surface area contributed by atoms with E-state index in [-0.39, 0.29) is 13.2 Å². The molecule has 0 heterocycles. The van der Waals surface area contributed by atoms with Gasteiger partial charge < -0.3 is 15.2 Å². The first-order valence-electron chi connectivity index (χ1n) is 7.24. The molecular formula is C16H23NO3. The van der Waals surface area contributed by atoms with E-state index in [0.717, 1.165) is 18.4 Å². The lowest BCUT2D eigenvalue weighted by molar-refractivity contribution is 0.0880. The molecule has 110 valence electrons. The highest BCUT2D eigenvalue weighted by atomic mass is 16.5. The summed E-state index contributed by atoms with van der Waals surface area (Å²) >= 11 is 0. The number of carbonyl (C=O) groups is 1. The third-order valence-corrected chi connectivity index (χ3v) is 4.19. The molecule has 20 heavy (non-hydrogen) atoms. The number of rotatable bonds is 5. The van der Waals surface area contributed by atoms with Gasteiger partial charge in [0, 0.05) is 0 Å². The molecule has 1 atom stereocenters. The number of aliphatic hydroxyl groups excluding tert-OH is 1. The van der Waals surface area contributed by atoms with Crippen LogP contribution in [-0.2, 0) is 11.3 Å². The van der Waals surface area contributed by atoms with E-state index in [1.54, 1.807) is 0 Å². The number of aliphatic hydroxyl groups is 1. The minimum absolute atomic E-state index is 0.0574. The average Bonchev–Trinajstić information content (AvgIpc) is 3.01. The van der Waals surface area contributed by atoms with Crippen molar-refractivity contribution in [2.75, 3.05) is 6.61 Å². The van der Waals surface area contributed by atoms with Crippen LogP contribution >= 0.6 is 0 Å². The predicted molar refractivity (Wildman–Crippen MR) is 77.2 cm³/mol. The summed E-state index contributed by atoms with van der Waals surface area (Å²) in [5.74, 6) is 0.330. The first-order valence-corrected chi connectivity index (χ1v) is 7.24. The van der Waals surface area contributed by atoms with E-state index in [1.807, 2.05) is 37.3 Å². The molecule has 0 aliphatic heterocycles. The Kier molecular flexibility index (Phi) is 5.01. The lowest BCUT2D eigenvalue weighted by atomic mass is 9.85. The first kappa shape index (κ1) is 14.9. The van der Waals surface area contributed by atoms with Crippen molar-refractivity contribution in [2.45, 2.75) is 44.8 Å². The topological polar surface area (TPSA) is 58.6 Å². The van der Waals surface area contributed by atoms with Crippen LogP contribution in [0, 0.1) is 5.92 Å². The second kappa shape index (κ2) is 6.75. The number of benzene rings is 1. The minimum atomic E-state index is -0.579. The maximum atomic E-state index is 11.9. The van der Waals surface area contributed by atoms with E-state index in [9.17, 15) is 9.90 Å². The number of ether oxygens (including phenoxy) is 1. The van der Waals surface area contributed by atoms with Crippen LogP contribution in [0.2, 0.25) is 0 Å². The quantitative estimate of drug-likeness (QED) is 0.870.